The maximum Gasteiger partial charge on any atom is 0.336 e. The molecule has 4 rings (SSSR count). The third-order valence-corrected chi connectivity index (χ3v) is 4.18. The zero-order valence-corrected chi connectivity index (χ0v) is 14.6. The van der Waals surface area contributed by atoms with Crippen LogP contribution < -0.4 is 25.2 Å². The maximum absolute atomic E-state index is 12.3. The second kappa shape index (κ2) is 7.03. The van der Waals surface area contributed by atoms with Gasteiger partial charge in [-0.05, 0) is 42.8 Å². The summed E-state index contributed by atoms with van der Waals surface area (Å²) in [6, 6.07) is 13.6. The molecule has 7 heteroatoms. The highest BCUT2D eigenvalue weighted by molar-refractivity contribution is 5.81. The SMILES string of the molecule is C[C@@H](Oc1ccc2ccc(=O)oc2c1)C(=O)NCc1ccc2c(c1)OCO2. The van der Waals surface area contributed by atoms with Gasteiger partial charge in [-0.1, -0.05) is 6.07 Å². The maximum atomic E-state index is 12.3. The van der Waals surface area contributed by atoms with Crippen LogP contribution in [0, 0.1) is 0 Å². The zero-order valence-electron chi connectivity index (χ0n) is 14.6. The normalized spacial score (nSPS) is 13.4. The van der Waals surface area contributed by atoms with Crippen LogP contribution in [0.5, 0.6) is 17.2 Å². The van der Waals surface area contributed by atoms with Gasteiger partial charge in [0.2, 0.25) is 6.79 Å². The molecule has 1 aromatic heterocycles. The van der Waals surface area contributed by atoms with Crippen molar-refractivity contribution in [1.29, 1.82) is 0 Å². The fraction of sp³-hybridized carbons (Fsp3) is 0.200. The summed E-state index contributed by atoms with van der Waals surface area (Å²) in [4.78, 5) is 23.6. The number of carbonyl (C=O) groups is 1. The Hall–Kier alpha value is -3.48. The van der Waals surface area contributed by atoms with E-state index in [4.69, 9.17) is 18.6 Å². The Morgan fingerprint density at radius 3 is 2.81 bits per heavy atom. The van der Waals surface area contributed by atoms with Crippen LogP contribution in [0.2, 0.25) is 0 Å². The molecule has 2 aromatic carbocycles. The molecule has 1 amide bonds. The summed E-state index contributed by atoms with van der Waals surface area (Å²) in [5, 5.41) is 3.60. The second-order valence-corrected chi connectivity index (χ2v) is 6.12. The Balaban J connectivity index is 1.38. The minimum absolute atomic E-state index is 0.210. The molecule has 2 heterocycles. The Labute approximate surface area is 154 Å². The number of nitrogens with one attached hydrogen (secondary N) is 1. The highest BCUT2D eigenvalue weighted by Gasteiger charge is 2.17. The molecule has 1 aliphatic rings. The molecule has 0 bridgehead atoms. The lowest BCUT2D eigenvalue weighted by Crippen LogP contribution is -2.35. The third kappa shape index (κ3) is 3.72. The zero-order chi connectivity index (χ0) is 18.8. The second-order valence-electron chi connectivity index (χ2n) is 6.12. The largest absolute Gasteiger partial charge is 0.481 e. The van der Waals surface area contributed by atoms with Crippen LogP contribution in [0.3, 0.4) is 0 Å². The molecule has 138 valence electrons. The average molecular weight is 367 g/mol. The number of amides is 1. The minimum Gasteiger partial charge on any atom is -0.481 e. The number of ether oxygens (including phenoxy) is 3. The lowest BCUT2D eigenvalue weighted by atomic mass is 10.2. The van der Waals surface area contributed by atoms with Gasteiger partial charge >= 0.3 is 5.63 Å². The quantitative estimate of drug-likeness (QED) is 0.698. The fourth-order valence-electron chi connectivity index (χ4n) is 2.76. The fourth-order valence-corrected chi connectivity index (χ4v) is 2.76. The molecule has 0 saturated heterocycles. The summed E-state index contributed by atoms with van der Waals surface area (Å²) < 4.78 is 21.4. The summed E-state index contributed by atoms with van der Waals surface area (Å²) in [7, 11) is 0. The van der Waals surface area contributed by atoms with Crippen molar-refractivity contribution in [3.8, 4) is 17.2 Å². The topological polar surface area (TPSA) is 87.0 Å². The highest BCUT2D eigenvalue weighted by atomic mass is 16.7. The van der Waals surface area contributed by atoms with E-state index in [0.717, 1.165) is 10.9 Å². The van der Waals surface area contributed by atoms with Gasteiger partial charge in [-0.3, -0.25) is 4.79 Å². The van der Waals surface area contributed by atoms with E-state index in [2.05, 4.69) is 5.32 Å². The first-order chi connectivity index (χ1) is 13.1. The molecule has 0 fully saturated rings. The van der Waals surface area contributed by atoms with Gasteiger partial charge in [0, 0.05) is 24.1 Å². The van der Waals surface area contributed by atoms with Gasteiger partial charge < -0.3 is 23.9 Å². The van der Waals surface area contributed by atoms with Crippen molar-refractivity contribution >= 4 is 16.9 Å². The van der Waals surface area contributed by atoms with E-state index in [9.17, 15) is 9.59 Å². The van der Waals surface area contributed by atoms with Gasteiger partial charge in [0.25, 0.3) is 5.91 Å². The van der Waals surface area contributed by atoms with Crippen LogP contribution >= 0.6 is 0 Å². The van der Waals surface area contributed by atoms with E-state index in [-0.39, 0.29) is 12.7 Å². The summed E-state index contributed by atoms with van der Waals surface area (Å²) in [5.41, 5.74) is 0.870. The molecule has 0 spiro atoms. The van der Waals surface area contributed by atoms with E-state index >= 15 is 0 Å². The Bertz CT molecular complexity index is 1060. The van der Waals surface area contributed by atoms with Crippen LogP contribution in [-0.2, 0) is 11.3 Å². The lowest BCUT2D eigenvalue weighted by molar-refractivity contribution is -0.127. The van der Waals surface area contributed by atoms with Crippen molar-refractivity contribution in [3.63, 3.8) is 0 Å². The summed E-state index contributed by atoms with van der Waals surface area (Å²) >= 11 is 0. The molecule has 7 nitrogen and oxygen atoms in total. The van der Waals surface area contributed by atoms with Gasteiger partial charge in [-0.25, -0.2) is 4.79 Å². The summed E-state index contributed by atoms with van der Waals surface area (Å²) in [6.45, 7) is 2.21. The standard InChI is InChI=1S/C20H17NO6/c1-12(26-15-5-3-14-4-7-19(22)27-17(14)9-15)20(23)21-10-13-2-6-16-18(8-13)25-11-24-16/h2-9,12H,10-11H2,1H3,(H,21,23)/t12-/m1/s1. The first kappa shape index (κ1) is 17.0. The van der Waals surface area contributed by atoms with Gasteiger partial charge in [0.15, 0.2) is 17.6 Å². The molecular formula is C20H17NO6. The Kier molecular flexibility index (Phi) is 4.42. The molecule has 1 atom stereocenters. The van der Waals surface area contributed by atoms with Crippen LogP contribution in [-0.4, -0.2) is 18.8 Å². The number of benzene rings is 2. The average Bonchev–Trinajstić information content (AvgIpc) is 3.13. The van der Waals surface area contributed by atoms with Crippen molar-refractivity contribution in [2.24, 2.45) is 0 Å². The van der Waals surface area contributed by atoms with E-state index in [1.54, 1.807) is 31.2 Å². The first-order valence-corrected chi connectivity index (χ1v) is 8.45. The first-order valence-electron chi connectivity index (χ1n) is 8.45. The lowest BCUT2D eigenvalue weighted by Gasteiger charge is -2.15. The molecule has 3 aromatic rings. The highest BCUT2D eigenvalue weighted by Crippen LogP contribution is 2.32. The molecule has 27 heavy (non-hydrogen) atoms. The number of rotatable bonds is 5. The van der Waals surface area contributed by atoms with Gasteiger partial charge in [-0.15, -0.1) is 0 Å². The van der Waals surface area contributed by atoms with E-state index in [1.807, 2.05) is 18.2 Å². The summed E-state index contributed by atoms with van der Waals surface area (Å²) in [5.74, 6) is 1.55. The van der Waals surface area contributed by atoms with Crippen molar-refractivity contribution in [3.05, 3.63) is 64.5 Å². The molecule has 0 unspecified atom stereocenters. The van der Waals surface area contributed by atoms with Gasteiger partial charge in [-0.2, -0.15) is 0 Å². The summed E-state index contributed by atoms with van der Waals surface area (Å²) in [6.07, 6.45) is -0.716. The molecule has 0 saturated carbocycles. The van der Waals surface area contributed by atoms with Crippen molar-refractivity contribution in [2.45, 2.75) is 19.6 Å². The van der Waals surface area contributed by atoms with E-state index in [0.29, 0.717) is 29.4 Å². The smallest absolute Gasteiger partial charge is 0.336 e. The van der Waals surface area contributed by atoms with Gasteiger partial charge in [0.05, 0.1) is 0 Å². The van der Waals surface area contributed by atoms with Crippen molar-refractivity contribution in [1.82, 2.24) is 5.32 Å². The molecule has 0 aliphatic carbocycles. The van der Waals surface area contributed by atoms with Crippen LogP contribution in [0.15, 0.2) is 57.7 Å². The predicted octanol–water partition coefficient (Wildman–Crippen LogP) is 2.61. The Morgan fingerprint density at radius 2 is 1.93 bits per heavy atom. The number of fused-ring (bicyclic) bond motifs is 2. The van der Waals surface area contributed by atoms with E-state index in [1.165, 1.54) is 6.07 Å². The van der Waals surface area contributed by atoms with Crippen LogP contribution in [0.25, 0.3) is 11.0 Å². The van der Waals surface area contributed by atoms with Crippen molar-refractivity contribution in [2.75, 3.05) is 6.79 Å². The molecule has 0 radical (unpaired) electrons. The number of hydrogen-bond donors (Lipinski definition) is 1. The van der Waals surface area contributed by atoms with Crippen LogP contribution in [0.4, 0.5) is 0 Å². The molecular weight excluding hydrogens is 350 g/mol. The Morgan fingerprint density at radius 1 is 1.11 bits per heavy atom. The van der Waals surface area contributed by atoms with E-state index < -0.39 is 11.7 Å². The minimum atomic E-state index is -0.716. The molecule has 1 N–H and O–H groups in total. The monoisotopic (exact) mass is 367 g/mol. The van der Waals surface area contributed by atoms with Crippen molar-refractivity contribution < 1.29 is 23.4 Å². The number of hydrogen-bond acceptors (Lipinski definition) is 6. The predicted molar refractivity (Wildman–Crippen MR) is 97.0 cm³/mol. The molecule has 1 aliphatic heterocycles. The number of carbonyl (C=O) groups excluding carboxylic acids is 1. The van der Waals surface area contributed by atoms with Gasteiger partial charge in [0.1, 0.15) is 11.3 Å². The third-order valence-electron chi connectivity index (χ3n) is 4.18. The van der Waals surface area contributed by atoms with Crippen LogP contribution in [0.1, 0.15) is 12.5 Å².